The lowest BCUT2D eigenvalue weighted by molar-refractivity contribution is -0.286. The second-order valence-electron chi connectivity index (χ2n) is 5.34. The molecule has 0 atom stereocenters. The van der Waals surface area contributed by atoms with Gasteiger partial charge < -0.3 is 14.2 Å². The van der Waals surface area contributed by atoms with Gasteiger partial charge in [0.05, 0.1) is 5.56 Å². The van der Waals surface area contributed by atoms with Gasteiger partial charge in [-0.3, -0.25) is 0 Å². The minimum Gasteiger partial charge on any atom is -0.429 e. The number of ether oxygens (including phenoxy) is 3. The minimum atomic E-state index is -3.81. The highest BCUT2D eigenvalue weighted by Crippen LogP contribution is 2.44. The Morgan fingerprint density at radius 2 is 1.67 bits per heavy atom. The Labute approximate surface area is 135 Å². The maximum Gasteiger partial charge on any atom is 0.586 e. The summed E-state index contributed by atoms with van der Waals surface area (Å²) in [5.41, 5.74) is 0.618. The maximum absolute atomic E-state index is 14.2. The second kappa shape index (κ2) is 5.89. The van der Waals surface area contributed by atoms with Gasteiger partial charge in [-0.2, -0.15) is 8.78 Å². The predicted octanol–water partition coefficient (Wildman–Crippen LogP) is 5.09. The molecule has 2 aromatic carbocycles. The molecule has 1 aliphatic heterocycles. The van der Waals surface area contributed by atoms with Crippen molar-refractivity contribution in [3.05, 3.63) is 53.6 Å². The molecule has 1 aliphatic rings. The quantitative estimate of drug-likeness (QED) is 0.709. The molecular weight excluding hydrogens is 328 g/mol. The highest BCUT2D eigenvalue weighted by atomic mass is 19.3. The van der Waals surface area contributed by atoms with E-state index in [9.17, 15) is 17.6 Å². The van der Waals surface area contributed by atoms with Gasteiger partial charge in [0.2, 0.25) is 0 Å². The molecule has 3 nitrogen and oxygen atoms in total. The van der Waals surface area contributed by atoms with Gasteiger partial charge in [0.1, 0.15) is 5.75 Å². The molecule has 1 heterocycles. The third-order valence-electron chi connectivity index (χ3n) is 3.45. The number of hydrogen-bond donors (Lipinski definition) is 0. The zero-order chi connectivity index (χ0) is 17.4. The molecule has 7 heteroatoms. The third-order valence-corrected chi connectivity index (χ3v) is 3.45. The number of halogens is 4. The van der Waals surface area contributed by atoms with E-state index in [1.54, 1.807) is 12.1 Å². The average molecular weight is 342 g/mol. The van der Waals surface area contributed by atoms with Crippen LogP contribution in [0.15, 0.2) is 42.5 Å². The van der Waals surface area contributed by atoms with Gasteiger partial charge in [-0.15, -0.1) is 8.78 Å². The Balaban J connectivity index is 1.77. The van der Waals surface area contributed by atoms with Crippen LogP contribution < -0.4 is 14.2 Å². The summed E-state index contributed by atoms with van der Waals surface area (Å²) in [4.78, 5) is 0. The van der Waals surface area contributed by atoms with Crippen molar-refractivity contribution < 1.29 is 31.8 Å². The van der Waals surface area contributed by atoms with E-state index in [0.29, 0.717) is 0 Å². The van der Waals surface area contributed by atoms with E-state index in [-0.39, 0.29) is 22.8 Å². The number of aryl methyl sites for hydroxylation is 1. The molecule has 0 aliphatic carbocycles. The molecule has 0 radical (unpaired) electrons. The van der Waals surface area contributed by atoms with Gasteiger partial charge in [0.25, 0.3) is 0 Å². The fourth-order valence-electron chi connectivity index (χ4n) is 2.35. The van der Waals surface area contributed by atoms with Crippen LogP contribution in [-0.4, -0.2) is 6.29 Å². The van der Waals surface area contributed by atoms with Gasteiger partial charge in [-0.1, -0.05) is 25.5 Å². The highest BCUT2D eigenvalue weighted by Gasteiger charge is 2.44. The van der Waals surface area contributed by atoms with Crippen molar-refractivity contribution in [1.29, 1.82) is 0 Å². The summed E-state index contributed by atoms with van der Waals surface area (Å²) < 4.78 is 67.4. The van der Waals surface area contributed by atoms with Crippen molar-refractivity contribution in [3.63, 3.8) is 0 Å². The lowest BCUT2D eigenvalue weighted by Crippen LogP contribution is -2.25. The van der Waals surface area contributed by atoms with Crippen molar-refractivity contribution >= 4 is 0 Å². The summed E-state index contributed by atoms with van der Waals surface area (Å²) in [5.74, 6) is -0.899. The number of hydrogen-bond acceptors (Lipinski definition) is 3. The first kappa shape index (κ1) is 16.4. The van der Waals surface area contributed by atoms with Gasteiger partial charge in [-0.25, -0.2) is 0 Å². The van der Waals surface area contributed by atoms with Crippen LogP contribution >= 0.6 is 0 Å². The van der Waals surface area contributed by atoms with Gasteiger partial charge >= 0.3 is 12.4 Å². The molecule has 2 aromatic rings. The van der Waals surface area contributed by atoms with E-state index >= 15 is 0 Å². The Bertz CT molecular complexity index is 729. The van der Waals surface area contributed by atoms with E-state index in [4.69, 9.17) is 0 Å². The zero-order valence-corrected chi connectivity index (χ0v) is 12.7. The molecule has 0 fully saturated rings. The van der Waals surface area contributed by atoms with Crippen LogP contribution in [0.3, 0.4) is 0 Å². The van der Waals surface area contributed by atoms with Gasteiger partial charge in [0, 0.05) is 6.07 Å². The molecule has 24 heavy (non-hydrogen) atoms. The summed E-state index contributed by atoms with van der Waals surface area (Å²) >= 11 is 0. The van der Waals surface area contributed by atoms with Crippen molar-refractivity contribution in [2.45, 2.75) is 32.2 Å². The number of rotatable bonds is 5. The van der Waals surface area contributed by atoms with Crippen LogP contribution in [0.5, 0.6) is 17.2 Å². The van der Waals surface area contributed by atoms with Crippen LogP contribution in [0.1, 0.15) is 24.5 Å². The van der Waals surface area contributed by atoms with Gasteiger partial charge in [-0.05, 0) is 36.2 Å². The second-order valence-corrected chi connectivity index (χ2v) is 5.34. The van der Waals surface area contributed by atoms with E-state index in [0.717, 1.165) is 36.6 Å². The number of fused-ring (bicyclic) bond motifs is 1. The zero-order valence-electron chi connectivity index (χ0n) is 12.7. The van der Waals surface area contributed by atoms with Crippen molar-refractivity contribution in [2.75, 3.05) is 0 Å². The minimum absolute atomic E-state index is 0.236. The largest absolute Gasteiger partial charge is 0.586 e. The molecule has 3 rings (SSSR count). The normalized spacial score (nSPS) is 15.4. The molecule has 0 amide bonds. The van der Waals surface area contributed by atoms with Crippen LogP contribution in [0, 0.1) is 0 Å². The Hall–Kier alpha value is -2.44. The highest BCUT2D eigenvalue weighted by molar-refractivity contribution is 5.47. The standard InChI is InChI=1S/C17H14F4O3/c1-2-3-11-4-6-12(7-5-11)16(18,19)22-13-8-9-14-15(10-13)24-17(20,21)23-14/h4-10H,2-3H2,1H3. The molecule has 0 N–H and O–H groups in total. The van der Waals surface area contributed by atoms with E-state index in [2.05, 4.69) is 14.2 Å². The molecule has 0 unspecified atom stereocenters. The first-order valence-electron chi connectivity index (χ1n) is 7.35. The fourth-order valence-corrected chi connectivity index (χ4v) is 2.35. The molecule has 0 bridgehead atoms. The Morgan fingerprint density at radius 1 is 1.00 bits per heavy atom. The molecule has 0 aromatic heterocycles. The SMILES string of the molecule is CCCc1ccc(C(F)(F)Oc2ccc3c(c2)OC(F)(F)O3)cc1. The lowest BCUT2D eigenvalue weighted by Gasteiger charge is -2.18. The smallest absolute Gasteiger partial charge is 0.429 e. The predicted molar refractivity (Wildman–Crippen MR) is 77.6 cm³/mol. The van der Waals surface area contributed by atoms with Crippen LogP contribution in [-0.2, 0) is 12.5 Å². The summed E-state index contributed by atoms with van der Waals surface area (Å²) in [5, 5.41) is 0. The summed E-state index contributed by atoms with van der Waals surface area (Å²) in [7, 11) is 0. The maximum atomic E-state index is 14.2. The van der Waals surface area contributed by atoms with Crippen molar-refractivity contribution in [1.82, 2.24) is 0 Å². The monoisotopic (exact) mass is 342 g/mol. The summed E-state index contributed by atoms with van der Waals surface area (Å²) in [6, 6.07) is 8.93. The van der Waals surface area contributed by atoms with E-state index in [1.165, 1.54) is 12.1 Å². The average Bonchev–Trinajstić information content (AvgIpc) is 2.81. The Morgan fingerprint density at radius 3 is 2.33 bits per heavy atom. The molecule has 0 spiro atoms. The van der Waals surface area contributed by atoms with E-state index in [1.807, 2.05) is 6.92 Å². The lowest BCUT2D eigenvalue weighted by atomic mass is 10.1. The Kier molecular flexibility index (Phi) is 4.03. The van der Waals surface area contributed by atoms with Crippen molar-refractivity contribution in [3.8, 4) is 17.2 Å². The number of benzene rings is 2. The fraction of sp³-hybridized carbons (Fsp3) is 0.294. The first-order valence-corrected chi connectivity index (χ1v) is 7.35. The number of alkyl halides is 4. The molecule has 128 valence electrons. The third kappa shape index (κ3) is 3.39. The van der Waals surface area contributed by atoms with Gasteiger partial charge in [0.15, 0.2) is 11.5 Å². The molecular formula is C17H14F4O3. The summed E-state index contributed by atoms with van der Waals surface area (Å²) in [6.07, 6.45) is -5.71. The van der Waals surface area contributed by atoms with E-state index < -0.39 is 12.4 Å². The summed E-state index contributed by atoms with van der Waals surface area (Å²) in [6.45, 7) is 1.99. The molecule has 0 saturated carbocycles. The van der Waals surface area contributed by atoms with Crippen LogP contribution in [0.2, 0.25) is 0 Å². The van der Waals surface area contributed by atoms with Crippen LogP contribution in [0.4, 0.5) is 17.6 Å². The first-order chi connectivity index (χ1) is 11.3. The molecule has 0 saturated heterocycles. The van der Waals surface area contributed by atoms with Crippen LogP contribution in [0.25, 0.3) is 0 Å². The topological polar surface area (TPSA) is 27.7 Å². The van der Waals surface area contributed by atoms with Crippen molar-refractivity contribution in [2.24, 2.45) is 0 Å².